The molecule has 1 unspecified atom stereocenters. The number of rotatable bonds is 1. The fraction of sp³-hybridized carbons (Fsp3) is 0.385. The van der Waals surface area contributed by atoms with E-state index in [2.05, 4.69) is 5.32 Å². The van der Waals surface area contributed by atoms with Crippen molar-refractivity contribution in [1.29, 1.82) is 0 Å². The highest BCUT2D eigenvalue weighted by Gasteiger charge is 2.28. The van der Waals surface area contributed by atoms with Gasteiger partial charge in [0, 0.05) is 13.0 Å². The molecule has 0 aliphatic carbocycles. The lowest BCUT2D eigenvalue weighted by Gasteiger charge is -2.18. The summed E-state index contributed by atoms with van der Waals surface area (Å²) in [6.07, 6.45) is 0.395. The van der Waals surface area contributed by atoms with E-state index in [1.807, 2.05) is 26.0 Å². The van der Waals surface area contributed by atoms with Crippen LogP contribution in [0.5, 0.6) is 0 Å². The first-order valence-corrected chi connectivity index (χ1v) is 5.75. The number of benzene rings is 1. The van der Waals surface area contributed by atoms with Crippen molar-refractivity contribution in [3.8, 4) is 0 Å². The Balaban J connectivity index is 2.31. The van der Waals surface area contributed by atoms with Crippen molar-refractivity contribution in [3.05, 3.63) is 29.8 Å². The summed E-state index contributed by atoms with van der Waals surface area (Å²) in [7, 11) is 0. The number of amides is 3. The molecule has 1 atom stereocenters. The molecule has 1 N–H and O–H groups in total. The number of hydrogen-bond acceptors (Lipinski definition) is 2. The summed E-state index contributed by atoms with van der Waals surface area (Å²) in [6, 6.07) is 7.04. The second kappa shape index (κ2) is 4.57. The molecule has 1 heterocycles. The van der Waals surface area contributed by atoms with Crippen molar-refractivity contribution < 1.29 is 9.59 Å². The van der Waals surface area contributed by atoms with E-state index >= 15 is 0 Å². The van der Waals surface area contributed by atoms with Crippen LogP contribution in [0.2, 0.25) is 0 Å². The van der Waals surface area contributed by atoms with E-state index in [-0.39, 0.29) is 17.9 Å². The first-order valence-electron chi connectivity index (χ1n) is 5.75. The van der Waals surface area contributed by atoms with Crippen LogP contribution >= 0.6 is 0 Å². The molecule has 4 heteroatoms. The van der Waals surface area contributed by atoms with Crippen molar-refractivity contribution in [2.24, 2.45) is 5.92 Å². The Labute approximate surface area is 101 Å². The maximum atomic E-state index is 12.0. The standard InChI is InChI=1S/C13H16N2O2/c1-9-3-5-11(6-4-9)15-12(16)7-10(2)8-14-13(15)17/h3-6,10H,7-8H2,1-2H3,(H,14,17). The van der Waals surface area contributed by atoms with Gasteiger partial charge in [-0.25, -0.2) is 9.69 Å². The summed E-state index contributed by atoms with van der Waals surface area (Å²) >= 11 is 0. The van der Waals surface area contributed by atoms with Gasteiger partial charge in [0.15, 0.2) is 0 Å². The molecule has 1 aliphatic rings. The van der Waals surface area contributed by atoms with Crippen LogP contribution in [0.1, 0.15) is 18.9 Å². The number of urea groups is 1. The molecule has 90 valence electrons. The fourth-order valence-electron chi connectivity index (χ4n) is 1.87. The number of aryl methyl sites for hydroxylation is 1. The molecule has 3 amide bonds. The zero-order valence-corrected chi connectivity index (χ0v) is 10.1. The van der Waals surface area contributed by atoms with Gasteiger partial charge < -0.3 is 5.32 Å². The van der Waals surface area contributed by atoms with Gasteiger partial charge in [-0.15, -0.1) is 0 Å². The van der Waals surface area contributed by atoms with E-state index in [4.69, 9.17) is 0 Å². The Morgan fingerprint density at radius 1 is 1.24 bits per heavy atom. The molecule has 1 aliphatic heterocycles. The van der Waals surface area contributed by atoms with E-state index in [0.29, 0.717) is 18.7 Å². The van der Waals surface area contributed by atoms with Gasteiger partial charge in [0.25, 0.3) is 0 Å². The number of carbonyl (C=O) groups excluding carboxylic acids is 2. The van der Waals surface area contributed by atoms with Crippen molar-refractivity contribution in [1.82, 2.24) is 5.32 Å². The molecule has 1 saturated heterocycles. The number of imide groups is 1. The summed E-state index contributed by atoms with van der Waals surface area (Å²) < 4.78 is 0. The highest BCUT2D eigenvalue weighted by atomic mass is 16.2. The van der Waals surface area contributed by atoms with Crippen molar-refractivity contribution in [2.75, 3.05) is 11.4 Å². The Morgan fingerprint density at radius 3 is 2.53 bits per heavy atom. The highest BCUT2D eigenvalue weighted by molar-refractivity contribution is 6.14. The van der Waals surface area contributed by atoms with Crippen LogP contribution in [0.3, 0.4) is 0 Å². The van der Waals surface area contributed by atoms with E-state index < -0.39 is 0 Å². The van der Waals surface area contributed by atoms with Gasteiger partial charge in [0.1, 0.15) is 0 Å². The minimum absolute atomic E-state index is 0.142. The normalized spacial score (nSPS) is 21.1. The second-order valence-electron chi connectivity index (χ2n) is 4.56. The average molecular weight is 232 g/mol. The van der Waals surface area contributed by atoms with Crippen LogP contribution in [-0.4, -0.2) is 18.5 Å². The molecule has 1 aromatic rings. The largest absolute Gasteiger partial charge is 0.337 e. The topological polar surface area (TPSA) is 49.4 Å². The SMILES string of the molecule is Cc1ccc(N2C(=O)CC(C)CNC2=O)cc1. The number of nitrogens with one attached hydrogen (secondary N) is 1. The van der Waals surface area contributed by atoms with Gasteiger partial charge in [-0.3, -0.25) is 4.79 Å². The molecule has 17 heavy (non-hydrogen) atoms. The molecule has 0 spiro atoms. The van der Waals surface area contributed by atoms with Crippen LogP contribution in [0.4, 0.5) is 10.5 Å². The Morgan fingerprint density at radius 2 is 1.88 bits per heavy atom. The zero-order chi connectivity index (χ0) is 12.4. The summed E-state index contributed by atoms with van der Waals surface area (Å²) in [4.78, 5) is 25.1. The van der Waals surface area contributed by atoms with Gasteiger partial charge >= 0.3 is 6.03 Å². The number of nitrogens with zero attached hydrogens (tertiary/aromatic N) is 1. The fourth-order valence-corrected chi connectivity index (χ4v) is 1.87. The minimum atomic E-state index is -0.330. The van der Waals surface area contributed by atoms with Gasteiger partial charge in [0.05, 0.1) is 5.69 Å². The molecular formula is C13H16N2O2. The smallest absolute Gasteiger partial charge is 0.328 e. The number of carbonyl (C=O) groups is 2. The second-order valence-corrected chi connectivity index (χ2v) is 4.56. The maximum Gasteiger partial charge on any atom is 0.328 e. The molecule has 0 aromatic heterocycles. The molecule has 4 nitrogen and oxygen atoms in total. The maximum absolute atomic E-state index is 12.0. The third-order valence-corrected chi connectivity index (χ3v) is 2.87. The number of hydrogen-bond donors (Lipinski definition) is 1. The lowest BCUT2D eigenvalue weighted by molar-refractivity contribution is -0.118. The molecule has 0 bridgehead atoms. The third kappa shape index (κ3) is 2.46. The van der Waals surface area contributed by atoms with Crippen LogP contribution in [0.25, 0.3) is 0 Å². The van der Waals surface area contributed by atoms with Gasteiger partial charge in [-0.05, 0) is 25.0 Å². The molecule has 2 rings (SSSR count). The lowest BCUT2D eigenvalue weighted by Crippen LogP contribution is -2.41. The van der Waals surface area contributed by atoms with Crippen LogP contribution in [-0.2, 0) is 4.79 Å². The first kappa shape index (κ1) is 11.6. The molecule has 1 aromatic carbocycles. The monoisotopic (exact) mass is 232 g/mol. The lowest BCUT2D eigenvalue weighted by atomic mass is 10.1. The highest BCUT2D eigenvalue weighted by Crippen LogP contribution is 2.19. The molecular weight excluding hydrogens is 216 g/mol. The van der Waals surface area contributed by atoms with Crippen LogP contribution < -0.4 is 10.2 Å². The zero-order valence-electron chi connectivity index (χ0n) is 10.1. The Hall–Kier alpha value is -1.84. The summed E-state index contributed by atoms with van der Waals surface area (Å²) in [5.74, 6) is 0.0400. The van der Waals surface area contributed by atoms with E-state index in [0.717, 1.165) is 5.56 Å². The van der Waals surface area contributed by atoms with Crippen molar-refractivity contribution >= 4 is 17.6 Å². The first-order chi connectivity index (χ1) is 8.08. The van der Waals surface area contributed by atoms with Crippen molar-refractivity contribution in [2.45, 2.75) is 20.3 Å². The number of anilines is 1. The predicted octanol–water partition coefficient (Wildman–Crippen LogP) is 2.08. The summed E-state index contributed by atoms with van der Waals surface area (Å²) in [6.45, 7) is 4.47. The Bertz CT molecular complexity index is 439. The summed E-state index contributed by atoms with van der Waals surface area (Å²) in [5, 5.41) is 2.75. The van der Waals surface area contributed by atoms with E-state index in [1.54, 1.807) is 12.1 Å². The van der Waals surface area contributed by atoms with Gasteiger partial charge in [0.2, 0.25) is 5.91 Å². The van der Waals surface area contributed by atoms with Gasteiger partial charge in [-0.2, -0.15) is 0 Å². The average Bonchev–Trinajstić information content (AvgIpc) is 2.40. The molecule has 0 radical (unpaired) electrons. The quantitative estimate of drug-likeness (QED) is 0.805. The van der Waals surface area contributed by atoms with Crippen LogP contribution in [0, 0.1) is 12.8 Å². The Kier molecular flexibility index (Phi) is 3.13. The van der Waals surface area contributed by atoms with E-state index in [1.165, 1.54) is 4.90 Å². The molecule has 1 fully saturated rings. The minimum Gasteiger partial charge on any atom is -0.337 e. The third-order valence-electron chi connectivity index (χ3n) is 2.87. The van der Waals surface area contributed by atoms with E-state index in [9.17, 15) is 9.59 Å². The van der Waals surface area contributed by atoms with Crippen LogP contribution in [0.15, 0.2) is 24.3 Å². The van der Waals surface area contributed by atoms with Gasteiger partial charge in [-0.1, -0.05) is 24.6 Å². The summed E-state index contributed by atoms with van der Waals surface area (Å²) in [5.41, 5.74) is 1.73. The molecule has 0 saturated carbocycles. The predicted molar refractivity (Wildman–Crippen MR) is 65.8 cm³/mol. The van der Waals surface area contributed by atoms with Crippen molar-refractivity contribution in [3.63, 3.8) is 0 Å².